The minimum Gasteiger partial charge on any atom is -0.350 e. The Bertz CT molecular complexity index is 594. The second-order valence-electron chi connectivity index (χ2n) is 7.15. The van der Waals surface area contributed by atoms with Crippen LogP contribution in [0.5, 0.6) is 0 Å². The van der Waals surface area contributed by atoms with Crippen molar-refractivity contribution in [3.63, 3.8) is 0 Å². The molecule has 6 nitrogen and oxygen atoms in total. The number of carbonyl (C=O) groups excluding carboxylic acids is 3. The number of nitrogens with one attached hydrogen (secondary N) is 2. The second-order valence-corrected chi connectivity index (χ2v) is 7.15. The van der Waals surface area contributed by atoms with Crippen molar-refractivity contribution in [2.24, 2.45) is 0 Å². The normalized spacial score (nSPS) is 12.2. The quantitative estimate of drug-likeness (QED) is 0.791. The van der Waals surface area contributed by atoms with Crippen molar-refractivity contribution < 1.29 is 14.4 Å². The van der Waals surface area contributed by atoms with Gasteiger partial charge < -0.3 is 15.5 Å². The molecule has 0 heterocycles. The van der Waals surface area contributed by atoms with Crippen molar-refractivity contribution in [2.45, 2.75) is 52.6 Å². The molecule has 0 bridgehead atoms. The Morgan fingerprint density at radius 2 is 1.72 bits per heavy atom. The lowest BCUT2D eigenvalue weighted by atomic mass is 10.1. The van der Waals surface area contributed by atoms with Crippen molar-refractivity contribution >= 4 is 17.7 Å². The first kappa shape index (κ1) is 20.7. The Morgan fingerprint density at radius 3 is 2.24 bits per heavy atom. The van der Waals surface area contributed by atoms with Crippen molar-refractivity contribution in [1.29, 1.82) is 0 Å². The molecule has 0 aliphatic carbocycles. The maximum absolute atomic E-state index is 12.4. The molecule has 0 aromatic heterocycles. The van der Waals surface area contributed by atoms with Gasteiger partial charge in [-0.2, -0.15) is 0 Å². The summed E-state index contributed by atoms with van der Waals surface area (Å²) >= 11 is 0. The van der Waals surface area contributed by atoms with Crippen LogP contribution in [0.3, 0.4) is 0 Å². The Kier molecular flexibility index (Phi) is 7.61. The number of hydrogen-bond donors (Lipinski definition) is 2. The highest BCUT2D eigenvalue weighted by molar-refractivity contribution is 5.94. The number of rotatable bonds is 7. The second kappa shape index (κ2) is 9.20. The standard InChI is InChI=1S/C19H29N3O3/c1-6-22(13-16(23)21-19(3,4)5)17(24)12-14(2)20-18(25)15-10-8-7-9-11-15/h7-11,14H,6,12-13H2,1-5H3,(H,20,25)(H,21,23). The van der Waals surface area contributed by atoms with Crippen LogP contribution in [0.2, 0.25) is 0 Å². The van der Waals surface area contributed by atoms with Gasteiger partial charge in [-0.25, -0.2) is 0 Å². The molecule has 3 amide bonds. The van der Waals surface area contributed by atoms with Crippen molar-refractivity contribution in [2.75, 3.05) is 13.1 Å². The zero-order valence-electron chi connectivity index (χ0n) is 15.8. The molecule has 1 aromatic carbocycles. The van der Waals surface area contributed by atoms with Gasteiger partial charge in [0.05, 0.1) is 6.54 Å². The molecule has 1 atom stereocenters. The van der Waals surface area contributed by atoms with Crippen LogP contribution in [0.1, 0.15) is 51.4 Å². The number of benzene rings is 1. The SMILES string of the molecule is CCN(CC(=O)NC(C)(C)C)C(=O)CC(C)NC(=O)c1ccccc1. The predicted octanol–water partition coefficient (Wildman–Crippen LogP) is 1.96. The first-order valence-corrected chi connectivity index (χ1v) is 8.57. The van der Waals surface area contributed by atoms with Crippen LogP contribution in [0, 0.1) is 0 Å². The van der Waals surface area contributed by atoms with E-state index in [9.17, 15) is 14.4 Å². The van der Waals surface area contributed by atoms with Crippen LogP contribution in [0.4, 0.5) is 0 Å². The Balaban J connectivity index is 2.54. The first-order chi connectivity index (χ1) is 11.6. The minimum absolute atomic E-state index is 0.0198. The zero-order chi connectivity index (χ0) is 19.0. The lowest BCUT2D eigenvalue weighted by molar-refractivity contribution is -0.136. The summed E-state index contributed by atoms with van der Waals surface area (Å²) in [4.78, 5) is 38.0. The summed E-state index contributed by atoms with van der Waals surface area (Å²) in [5.41, 5.74) is 0.218. The van der Waals surface area contributed by atoms with E-state index in [0.717, 1.165) is 0 Å². The fraction of sp³-hybridized carbons (Fsp3) is 0.526. The predicted molar refractivity (Wildman–Crippen MR) is 98.1 cm³/mol. The van der Waals surface area contributed by atoms with E-state index < -0.39 is 0 Å². The fourth-order valence-corrected chi connectivity index (χ4v) is 2.35. The highest BCUT2D eigenvalue weighted by atomic mass is 16.2. The molecular weight excluding hydrogens is 318 g/mol. The highest BCUT2D eigenvalue weighted by Gasteiger charge is 2.21. The summed E-state index contributed by atoms with van der Waals surface area (Å²) in [5.74, 6) is -0.564. The smallest absolute Gasteiger partial charge is 0.251 e. The number of hydrogen-bond acceptors (Lipinski definition) is 3. The summed E-state index contributed by atoms with van der Waals surface area (Å²) in [7, 11) is 0. The molecule has 6 heteroatoms. The van der Waals surface area contributed by atoms with Gasteiger partial charge >= 0.3 is 0 Å². The average molecular weight is 347 g/mol. The van der Waals surface area contributed by atoms with E-state index in [4.69, 9.17) is 0 Å². The number of nitrogens with zero attached hydrogens (tertiary/aromatic N) is 1. The van der Waals surface area contributed by atoms with Gasteiger partial charge in [0, 0.05) is 30.1 Å². The minimum atomic E-state index is -0.337. The monoisotopic (exact) mass is 347 g/mol. The van der Waals surface area contributed by atoms with Gasteiger partial charge in [-0.05, 0) is 46.8 Å². The van der Waals surface area contributed by atoms with E-state index in [-0.39, 0.29) is 42.3 Å². The third-order valence-corrected chi connectivity index (χ3v) is 3.48. The van der Waals surface area contributed by atoms with Crippen LogP contribution < -0.4 is 10.6 Å². The van der Waals surface area contributed by atoms with Crippen molar-refractivity contribution in [1.82, 2.24) is 15.5 Å². The Hall–Kier alpha value is -2.37. The Labute approximate surface area is 150 Å². The first-order valence-electron chi connectivity index (χ1n) is 8.57. The van der Waals surface area contributed by atoms with Crippen molar-refractivity contribution in [3.8, 4) is 0 Å². The summed E-state index contributed by atoms with van der Waals surface area (Å²) in [6, 6.07) is 8.54. The molecule has 25 heavy (non-hydrogen) atoms. The lowest BCUT2D eigenvalue weighted by Crippen LogP contribution is -2.48. The van der Waals surface area contributed by atoms with Gasteiger partial charge in [-0.3, -0.25) is 14.4 Å². The molecule has 0 saturated heterocycles. The van der Waals surface area contributed by atoms with E-state index >= 15 is 0 Å². The van der Waals surface area contributed by atoms with Gasteiger partial charge in [0.2, 0.25) is 11.8 Å². The molecule has 0 radical (unpaired) electrons. The average Bonchev–Trinajstić information content (AvgIpc) is 2.51. The maximum Gasteiger partial charge on any atom is 0.251 e. The molecule has 0 aliphatic rings. The number of likely N-dealkylation sites (N-methyl/N-ethyl adjacent to an activating group) is 1. The van der Waals surface area contributed by atoms with Crippen LogP contribution >= 0.6 is 0 Å². The van der Waals surface area contributed by atoms with E-state index in [0.29, 0.717) is 12.1 Å². The number of carbonyl (C=O) groups is 3. The molecule has 0 fully saturated rings. The molecule has 0 saturated carbocycles. The van der Waals surface area contributed by atoms with E-state index in [2.05, 4.69) is 10.6 Å². The van der Waals surface area contributed by atoms with E-state index in [1.165, 1.54) is 4.90 Å². The van der Waals surface area contributed by atoms with Crippen LogP contribution in [-0.4, -0.2) is 47.3 Å². The topological polar surface area (TPSA) is 78.5 Å². The van der Waals surface area contributed by atoms with Gasteiger partial charge in [0.15, 0.2) is 0 Å². The molecule has 1 unspecified atom stereocenters. The van der Waals surface area contributed by atoms with E-state index in [1.54, 1.807) is 31.2 Å². The molecule has 0 aliphatic heterocycles. The molecule has 138 valence electrons. The van der Waals surface area contributed by atoms with Gasteiger partial charge in [0.1, 0.15) is 0 Å². The molecule has 2 N–H and O–H groups in total. The van der Waals surface area contributed by atoms with Gasteiger partial charge in [-0.1, -0.05) is 18.2 Å². The molecule has 1 aromatic rings. The molecule has 0 spiro atoms. The molecular formula is C19H29N3O3. The highest BCUT2D eigenvalue weighted by Crippen LogP contribution is 2.04. The fourth-order valence-electron chi connectivity index (χ4n) is 2.35. The van der Waals surface area contributed by atoms with Gasteiger partial charge in [0.25, 0.3) is 5.91 Å². The zero-order valence-corrected chi connectivity index (χ0v) is 15.8. The third kappa shape index (κ3) is 7.83. The molecule has 1 rings (SSSR count). The van der Waals surface area contributed by atoms with Crippen molar-refractivity contribution in [3.05, 3.63) is 35.9 Å². The van der Waals surface area contributed by atoms with Gasteiger partial charge in [-0.15, -0.1) is 0 Å². The lowest BCUT2D eigenvalue weighted by Gasteiger charge is -2.26. The third-order valence-electron chi connectivity index (χ3n) is 3.48. The number of amides is 3. The van der Waals surface area contributed by atoms with E-state index in [1.807, 2.05) is 33.8 Å². The summed E-state index contributed by atoms with van der Waals surface area (Å²) in [6.45, 7) is 9.75. The van der Waals surface area contributed by atoms with Crippen LogP contribution in [0.15, 0.2) is 30.3 Å². The largest absolute Gasteiger partial charge is 0.350 e. The Morgan fingerprint density at radius 1 is 1.12 bits per heavy atom. The summed E-state index contributed by atoms with van der Waals surface area (Å²) in [6.07, 6.45) is 0.148. The van der Waals surface area contributed by atoms with Crippen LogP contribution in [-0.2, 0) is 9.59 Å². The summed E-state index contributed by atoms with van der Waals surface area (Å²) < 4.78 is 0. The summed E-state index contributed by atoms with van der Waals surface area (Å²) in [5, 5.41) is 5.65. The van der Waals surface area contributed by atoms with Crippen LogP contribution in [0.25, 0.3) is 0 Å². The maximum atomic E-state index is 12.4.